The summed E-state index contributed by atoms with van der Waals surface area (Å²) in [6, 6.07) is 15.1. The Hall–Kier alpha value is -2.06. The number of nitrogens with one attached hydrogen (secondary N) is 1. The number of allylic oxidation sites excluding steroid dienone is 1. The van der Waals surface area contributed by atoms with Gasteiger partial charge in [0, 0.05) is 0 Å². The first-order valence-electron chi connectivity index (χ1n) is 8.83. The second-order valence-electron chi connectivity index (χ2n) is 6.64. The molecule has 0 heterocycles. The SMILES string of the molecule is CNC(C)Oc1ccc2c(c1C)CCCC(C)=C2c1ccccc1. The van der Waals surface area contributed by atoms with Crippen LogP contribution in [0.15, 0.2) is 48.0 Å². The molecule has 0 saturated heterocycles. The van der Waals surface area contributed by atoms with Gasteiger partial charge >= 0.3 is 0 Å². The summed E-state index contributed by atoms with van der Waals surface area (Å²) >= 11 is 0. The van der Waals surface area contributed by atoms with Gasteiger partial charge in [0.25, 0.3) is 0 Å². The Kier molecular flexibility index (Phi) is 5.06. The molecule has 24 heavy (non-hydrogen) atoms. The van der Waals surface area contributed by atoms with E-state index in [4.69, 9.17) is 4.74 Å². The largest absolute Gasteiger partial charge is 0.475 e. The van der Waals surface area contributed by atoms with Gasteiger partial charge in [-0.3, -0.25) is 5.32 Å². The smallest absolute Gasteiger partial charge is 0.147 e. The molecule has 1 unspecified atom stereocenters. The fourth-order valence-electron chi connectivity index (χ4n) is 3.56. The molecule has 2 aromatic carbocycles. The highest BCUT2D eigenvalue weighted by Crippen LogP contribution is 2.38. The maximum Gasteiger partial charge on any atom is 0.147 e. The van der Waals surface area contributed by atoms with Gasteiger partial charge in [0.1, 0.15) is 12.0 Å². The van der Waals surface area contributed by atoms with Gasteiger partial charge in [-0.2, -0.15) is 0 Å². The summed E-state index contributed by atoms with van der Waals surface area (Å²) in [6.45, 7) is 6.50. The molecule has 126 valence electrons. The van der Waals surface area contributed by atoms with E-state index in [2.05, 4.69) is 61.6 Å². The zero-order chi connectivity index (χ0) is 17.1. The number of benzene rings is 2. The highest BCUT2D eigenvalue weighted by molar-refractivity contribution is 5.84. The molecule has 2 aromatic rings. The number of rotatable bonds is 4. The second-order valence-corrected chi connectivity index (χ2v) is 6.64. The van der Waals surface area contributed by atoms with Crippen LogP contribution in [-0.4, -0.2) is 13.3 Å². The first kappa shape index (κ1) is 16.8. The molecule has 0 bridgehead atoms. The van der Waals surface area contributed by atoms with Crippen molar-refractivity contribution in [3.05, 3.63) is 70.3 Å². The summed E-state index contributed by atoms with van der Waals surface area (Å²) in [7, 11) is 1.92. The van der Waals surface area contributed by atoms with Crippen LogP contribution in [0, 0.1) is 6.92 Å². The molecule has 1 atom stereocenters. The van der Waals surface area contributed by atoms with E-state index in [-0.39, 0.29) is 6.23 Å². The Bertz CT molecular complexity index is 746. The number of hydrogen-bond donors (Lipinski definition) is 1. The minimum Gasteiger partial charge on any atom is -0.475 e. The van der Waals surface area contributed by atoms with Crippen LogP contribution in [0.25, 0.3) is 5.57 Å². The predicted octanol–water partition coefficient (Wildman–Crippen LogP) is 5.10. The van der Waals surface area contributed by atoms with Crippen molar-refractivity contribution >= 4 is 5.57 Å². The molecule has 1 aliphatic carbocycles. The topological polar surface area (TPSA) is 21.3 Å². The third-order valence-electron chi connectivity index (χ3n) is 5.00. The lowest BCUT2D eigenvalue weighted by atomic mass is 9.89. The zero-order valence-corrected chi connectivity index (χ0v) is 15.1. The third-order valence-corrected chi connectivity index (χ3v) is 5.00. The Morgan fingerprint density at radius 3 is 2.46 bits per heavy atom. The maximum absolute atomic E-state index is 6.04. The van der Waals surface area contributed by atoms with Crippen molar-refractivity contribution < 1.29 is 4.74 Å². The molecule has 0 fully saturated rings. The Labute approximate surface area is 145 Å². The summed E-state index contributed by atoms with van der Waals surface area (Å²) < 4.78 is 6.04. The summed E-state index contributed by atoms with van der Waals surface area (Å²) in [5.41, 5.74) is 8.29. The summed E-state index contributed by atoms with van der Waals surface area (Å²) in [5.74, 6) is 0.988. The van der Waals surface area contributed by atoms with Crippen LogP contribution >= 0.6 is 0 Å². The molecule has 1 N–H and O–H groups in total. The van der Waals surface area contributed by atoms with Crippen LogP contribution in [0.4, 0.5) is 0 Å². The van der Waals surface area contributed by atoms with Crippen molar-refractivity contribution in [2.24, 2.45) is 0 Å². The third kappa shape index (κ3) is 3.25. The van der Waals surface area contributed by atoms with Gasteiger partial charge < -0.3 is 4.74 Å². The van der Waals surface area contributed by atoms with E-state index in [0.29, 0.717) is 0 Å². The first-order valence-corrected chi connectivity index (χ1v) is 8.83. The van der Waals surface area contributed by atoms with Crippen LogP contribution in [0.3, 0.4) is 0 Å². The molecule has 2 heteroatoms. The van der Waals surface area contributed by atoms with Gasteiger partial charge in [-0.05, 0) is 81.0 Å². The van der Waals surface area contributed by atoms with E-state index < -0.39 is 0 Å². The molecular formula is C22H27NO. The average molecular weight is 321 g/mol. The molecule has 0 saturated carbocycles. The van der Waals surface area contributed by atoms with Gasteiger partial charge in [0.2, 0.25) is 0 Å². The summed E-state index contributed by atoms with van der Waals surface area (Å²) in [6.07, 6.45) is 3.47. The molecule has 1 aliphatic rings. The van der Waals surface area contributed by atoms with Crippen molar-refractivity contribution in [1.29, 1.82) is 0 Å². The van der Waals surface area contributed by atoms with Gasteiger partial charge in [0.15, 0.2) is 0 Å². The van der Waals surface area contributed by atoms with Gasteiger partial charge in [0.05, 0.1) is 0 Å². The Morgan fingerprint density at radius 2 is 1.75 bits per heavy atom. The van der Waals surface area contributed by atoms with E-state index >= 15 is 0 Å². The average Bonchev–Trinajstić information content (AvgIpc) is 2.77. The molecule has 0 aromatic heterocycles. The standard InChI is InChI=1S/C22H27NO/c1-15-9-8-12-19-16(2)21(24-17(3)23-4)14-13-20(19)22(15)18-10-6-5-7-11-18/h5-7,10-11,13-14,17,23H,8-9,12H2,1-4H3. The Balaban J connectivity index is 2.11. The van der Waals surface area contributed by atoms with Crippen molar-refractivity contribution in [2.75, 3.05) is 7.05 Å². The highest BCUT2D eigenvalue weighted by atomic mass is 16.5. The van der Waals surface area contributed by atoms with Gasteiger partial charge in [-0.25, -0.2) is 0 Å². The lowest BCUT2D eigenvalue weighted by molar-refractivity contribution is 0.192. The van der Waals surface area contributed by atoms with Crippen LogP contribution in [-0.2, 0) is 6.42 Å². The molecule has 0 amide bonds. The minimum absolute atomic E-state index is 0.0124. The van der Waals surface area contributed by atoms with E-state index in [9.17, 15) is 0 Å². The van der Waals surface area contributed by atoms with Crippen molar-refractivity contribution in [3.63, 3.8) is 0 Å². The fourth-order valence-corrected chi connectivity index (χ4v) is 3.56. The minimum atomic E-state index is 0.0124. The summed E-state index contributed by atoms with van der Waals surface area (Å²) in [5, 5.41) is 3.14. The molecule has 3 rings (SSSR count). The fraction of sp³-hybridized carbons (Fsp3) is 0.364. The van der Waals surface area contributed by atoms with Crippen molar-refractivity contribution in [3.8, 4) is 5.75 Å². The lowest BCUT2D eigenvalue weighted by Gasteiger charge is -2.20. The van der Waals surface area contributed by atoms with Crippen molar-refractivity contribution in [1.82, 2.24) is 5.32 Å². The first-order chi connectivity index (χ1) is 11.6. The van der Waals surface area contributed by atoms with Crippen LogP contribution < -0.4 is 10.1 Å². The van der Waals surface area contributed by atoms with Crippen molar-refractivity contribution in [2.45, 2.75) is 46.3 Å². The molecule has 2 nitrogen and oxygen atoms in total. The number of ether oxygens (including phenoxy) is 1. The van der Waals surface area contributed by atoms with E-state index in [0.717, 1.165) is 18.6 Å². The molecule has 0 radical (unpaired) electrons. The zero-order valence-electron chi connectivity index (χ0n) is 15.1. The lowest BCUT2D eigenvalue weighted by Crippen LogP contribution is -2.27. The Morgan fingerprint density at radius 1 is 1.00 bits per heavy atom. The van der Waals surface area contributed by atoms with E-state index in [1.165, 1.54) is 39.8 Å². The van der Waals surface area contributed by atoms with E-state index in [1.807, 2.05) is 14.0 Å². The monoisotopic (exact) mass is 321 g/mol. The van der Waals surface area contributed by atoms with Gasteiger partial charge in [-0.15, -0.1) is 0 Å². The van der Waals surface area contributed by atoms with E-state index in [1.54, 1.807) is 0 Å². The molecule has 0 spiro atoms. The quantitative estimate of drug-likeness (QED) is 0.791. The molecule has 0 aliphatic heterocycles. The summed E-state index contributed by atoms with van der Waals surface area (Å²) in [4.78, 5) is 0. The number of hydrogen-bond acceptors (Lipinski definition) is 2. The number of fused-ring (bicyclic) bond motifs is 1. The van der Waals surface area contributed by atoms with Crippen LogP contribution in [0.1, 0.15) is 48.9 Å². The van der Waals surface area contributed by atoms with Gasteiger partial charge in [-0.1, -0.05) is 42.0 Å². The normalized spacial score (nSPS) is 15.7. The van der Waals surface area contributed by atoms with Crippen LogP contribution in [0.5, 0.6) is 5.75 Å². The van der Waals surface area contributed by atoms with Crippen LogP contribution in [0.2, 0.25) is 0 Å². The maximum atomic E-state index is 6.04. The highest BCUT2D eigenvalue weighted by Gasteiger charge is 2.20. The predicted molar refractivity (Wildman–Crippen MR) is 101 cm³/mol. The second kappa shape index (κ2) is 7.23. The molecular weight excluding hydrogens is 294 g/mol.